The van der Waals surface area contributed by atoms with Gasteiger partial charge in [0.15, 0.2) is 0 Å². The molecule has 1 fully saturated rings. The number of carboxylic acids is 1. The van der Waals surface area contributed by atoms with E-state index in [1.54, 1.807) is 0 Å². The van der Waals surface area contributed by atoms with Crippen LogP contribution in [0.1, 0.15) is 33.6 Å². The van der Waals surface area contributed by atoms with Crippen molar-refractivity contribution in [2.75, 3.05) is 13.1 Å². The molecule has 104 valence electrons. The number of amides is 2. The van der Waals surface area contributed by atoms with E-state index in [1.807, 2.05) is 25.7 Å². The Morgan fingerprint density at radius 1 is 1.39 bits per heavy atom. The number of urea groups is 1. The number of carbonyl (C=O) groups is 2. The van der Waals surface area contributed by atoms with Gasteiger partial charge >= 0.3 is 12.0 Å². The number of hydrogen-bond donors (Lipinski definition) is 3. The highest BCUT2D eigenvalue weighted by atomic mass is 16.4. The maximum atomic E-state index is 11.5. The monoisotopic (exact) mass is 257 g/mol. The summed E-state index contributed by atoms with van der Waals surface area (Å²) in [5.74, 6) is -0.800. The van der Waals surface area contributed by atoms with Gasteiger partial charge in [0.1, 0.15) is 0 Å². The summed E-state index contributed by atoms with van der Waals surface area (Å²) in [6.45, 7) is 6.58. The summed E-state index contributed by atoms with van der Waals surface area (Å²) in [6, 6.07) is 0.418. The van der Waals surface area contributed by atoms with Crippen LogP contribution < -0.4 is 10.6 Å². The molecular formula is C12H23N3O3. The van der Waals surface area contributed by atoms with Crippen molar-refractivity contribution in [1.82, 2.24) is 15.5 Å². The van der Waals surface area contributed by atoms with E-state index in [0.29, 0.717) is 0 Å². The lowest BCUT2D eigenvalue weighted by molar-refractivity contribution is -0.139. The first-order valence-corrected chi connectivity index (χ1v) is 6.45. The largest absolute Gasteiger partial charge is 0.480 e. The lowest BCUT2D eigenvalue weighted by Gasteiger charge is -2.42. The van der Waals surface area contributed by atoms with Crippen molar-refractivity contribution < 1.29 is 14.7 Å². The predicted octanol–water partition coefficient (Wildman–Crippen LogP) is 0.632. The number of carbonyl (C=O) groups excluding carboxylic acids is 1. The van der Waals surface area contributed by atoms with Crippen LogP contribution in [0.3, 0.4) is 0 Å². The van der Waals surface area contributed by atoms with Gasteiger partial charge in [-0.1, -0.05) is 6.92 Å². The lowest BCUT2D eigenvalue weighted by atomic mass is 9.85. The number of hydrogen-bond acceptors (Lipinski definition) is 3. The fourth-order valence-electron chi connectivity index (χ4n) is 2.17. The molecule has 1 saturated carbocycles. The summed E-state index contributed by atoms with van der Waals surface area (Å²) in [7, 11) is 0. The average molecular weight is 257 g/mol. The van der Waals surface area contributed by atoms with Crippen molar-refractivity contribution in [2.45, 2.75) is 51.7 Å². The molecule has 18 heavy (non-hydrogen) atoms. The van der Waals surface area contributed by atoms with Crippen molar-refractivity contribution >= 4 is 12.0 Å². The minimum absolute atomic E-state index is 0.0755. The van der Waals surface area contributed by atoms with Crippen LogP contribution in [-0.2, 0) is 4.79 Å². The molecule has 0 atom stereocenters. The third kappa shape index (κ3) is 4.52. The minimum Gasteiger partial charge on any atom is -0.480 e. The number of rotatable bonds is 6. The molecule has 1 rings (SSSR count). The zero-order chi connectivity index (χ0) is 13.7. The van der Waals surface area contributed by atoms with E-state index < -0.39 is 5.97 Å². The summed E-state index contributed by atoms with van der Waals surface area (Å²) in [5, 5.41) is 14.4. The van der Waals surface area contributed by atoms with E-state index in [2.05, 4.69) is 10.6 Å². The van der Waals surface area contributed by atoms with Gasteiger partial charge in [-0.15, -0.1) is 0 Å². The number of aliphatic carboxylic acids is 1. The van der Waals surface area contributed by atoms with Gasteiger partial charge in [-0.25, -0.2) is 4.79 Å². The maximum Gasteiger partial charge on any atom is 0.317 e. The Labute approximate surface area is 108 Å². The Morgan fingerprint density at radius 2 is 2.00 bits per heavy atom. The summed E-state index contributed by atoms with van der Waals surface area (Å²) < 4.78 is 0. The molecule has 0 unspecified atom stereocenters. The molecule has 2 amide bonds. The first kappa shape index (κ1) is 14.8. The summed E-state index contributed by atoms with van der Waals surface area (Å²) in [4.78, 5) is 24.1. The molecule has 3 N–H and O–H groups in total. The molecule has 0 aromatic heterocycles. The third-order valence-corrected chi connectivity index (χ3v) is 3.13. The number of nitrogens with zero attached hydrogens (tertiary/aromatic N) is 1. The Bertz CT molecular complexity index is 301. The molecule has 0 bridgehead atoms. The molecule has 0 heterocycles. The quantitative estimate of drug-likeness (QED) is 0.652. The van der Waals surface area contributed by atoms with Gasteiger partial charge in [-0.3, -0.25) is 9.69 Å². The average Bonchev–Trinajstić information content (AvgIpc) is 2.18. The Kier molecular flexibility index (Phi) is 5.40. The van der Waals surface area contributed by atoms with Crippen LogP contribution >= 0.6 is 0 Å². The first-order valence-electron chi connectivity index (χ1n) is 6.45. The normalized spacial score (nSPS) is 22.7. The SMILES string of the molecule is CCN(CC(=O)O)C1CC(NC(=O)NC(C)C)C1. The molecule has 0 aromatic rings. The summed E-state index contributed by atoms with van der Waals surface area (Å²) in [6.07, 6.45) is 1.65. The molecule has 1 aliphatic carbocycles. The second kappa shape index (κ2) is 6.58. The summed E-state index contributed by atoms with van der Waals surface area (Å²) in [5.41, 5.74) is 0. The van der Waals surface area contributed by atoms with Crippen LogP contribution in [0.15, 0.2) is 0 Å². The summed E-state index contributed by atoms with van der Waals surface area (Å²) >= 11 is 0. The smallest absolute Gasteiger partial charge is 0.317 e. The molecule has 0 aliphatic heterocycles. The molecule has 0 aromatic carbocycles. The fourth-order valence-corrected chi connectivity index (χ4v) is 2.17. The van der Waals surface area contributed by atoms with Gasteiger partial charge in [0.05, 0.1) is 6.54 Å². The maximum absolute atomic E-state index is 11.5. The van der Waals surface area contributed by atoms with Gasteiger partial charge < -0.3 is 15.7 Å². The highest BCUT2D eigenvalue weighted by Gasteiger charge is 2.34. The molecule has 0 radical (unpaired) electrons. The van der Waals surface area contributed by atoms with Crippen molar-refractivity contribution in [3.63, 3.8) is 0 Å². The van der Waals surface area contributed by atoms with Crippen LogP contribution in [-0.4, -0.2) is 53.2 Å². The Hall–Kier alpha value is -1.30. The van der Waals surface area contributed by atoms with Crippen LogP contribution in [0.5, 0.6) is 0 Å². The van der Waals surface area contributed by atoms with Gasteiger partial charge in [0.2, 0.25) is 0 Å². The van der Waals surface area contributed by atoms with Crippen LogP contribution in [0, 0.1) is 0 Å². The Balaban J connectivity index is 2.26. The number of likely N-dealkylation sites (N-methyl/N-ethyl adjacent to an activating group) is 1. The number of nitrogens with one attached hydrogen (secondary N) is 2. The highest BCUT2D eigenvalue weighted by molar-refractivity contribution is 5.74. The number of carboxylic acid groups (broad SMARTS) is 1. The van der Waals surface area contributed by atoms with E-state index in [9.17, 15) is 9.59 Å². The molecule has 1 aliphatic rings. The van der Waals surface area contributed by atoms with Gasteiger partial charge in [0, 0.05) is 18.1 Å². The standard InChI is InChI=1S/C12H23N3O3/c1-4-15(7-11(16)17)10-5-9(6-10)14-12(18)13-8(2)3/h8-10H,4-7H2,1-3H3,(H,16,17)(H2,13,14,18). The molecule has 6 nitrogen and oxygen atoms in total. The molecule has 6 heteroatoms. The Morgan fingerprint density at radius 3 is 2.44 bits per heavy atom. The highest BCUT2D eigenvalue weighted by Crippen LogP contribution is 2.25. The van der Waals surface area contributed by atoms with Crippen LogP contribution in [0.2, 0.25) is 0 Å². The van der Waals surface area contributed by atoms with E-state index in [4.69, 9.17) is 5.11 Å². The lowest BCUT2D eigenvalue weighted by Crippen LogP contribution is -2.56. The van der Waals surface area contributed by atoms with Gasteiger partial charge in [-0.05, 0) is 33.2 Å². The van der Waals surface area contributed by atoms with E-state index >= 15 is 0 Å². The molecule has 0 saturated heterocycles. The van der Waals surface area contributed by atoms with Crippen molar-refractivity contribution in [1.29, 1.82) is 0 Å². The van der Waals surface area contributed by atoms with Gasteiger partial charge in [0.25, 0.3) is 0 Å². The van der Waals surface area contributed by atoms with Crippen molar-refractivity contribution in [3.8, 4) is 0 Å². The van der Waals surface area contributed by atoms with E-state index in [-0.39, 0.29) is 30.7 Å². The second-order valence-corrected chi connectivity index (χ2v) is 5.05. The topological polar surface area (TPSA) is 81.7 Å². The van der Waals surface area contributed by atoms with Crippen molar-refractivity contribution in [3.05, 3.63) is 0 Å². The van der Waals surface area contributed by atoms with Crippen molar-refractivity contribution in [2.24, 2.45) is 0 Å². The van der Waals surface area contributed by atoms with Crippen LogP contribution in [0.4, 0.5) is 4.79 Å². The zero-order valence-corrected chi connectivity index (χ0v) is 11.3. The van der Waals surface area contributed by atoms with Crippen LogP contribution in [0.25, 0.3) is 0 Å². The third-order valence-electron chi connectivity index (χ3n) is 3.13. The van der Waals surface area contributed by atoms with E-state index in [0.717, 1.165) is 19.4 Å². The minimum atomic E-state index is -0.800. The second-order valence-electron chi connectivity index (χ2n) is 5.05. The fraction of sp³-hybridized carbons (Fsp3) is 0.833. The first-order chi connectivity index (χ1) is 8.42. The zero-order valence-electron chi connectivity index (χ0n) is 11.3. The molecular weight excluding hydrogens is 234 g/mol. The molecule has 0 spiro atoms. The van der Waals surface area contributed by atoms with E-state index in [1.165, 1.54) is 0 Å². The predicted molar refractivity (Wildman–Crippen MR) is 68.5 cm³/mol. The van der Waals surface area contributed by atoms with Gasteiger partial charge in [-0.2, -0.15) is 0 Å².